The molecule has 37 heavy (non-hydrogen) atoms. The fourth-order valence-electron chi connectivity index (χ4n) is 3.88. The zero-order valence-corrected chi connectivity index (χ0v) is 19.7. The summed E-state index contributed by atoms with van der Waals surface area (Å²) in [6.07, 6.45) is -6.68. The topological polar surface area (TPSA) is 9.23 Å². The van der Waals surface area contributed by atoms with Crippen LogP contribution in [0.1, 0.15) is 54.0 Å². The van der Waals surface area contributed by atoms with Crippen molar-refractivity contribution in [2.45, 2.75) is 57.7 Å². The molecule has 0 aliphatic rings. The van der Waals surface area contributed by atoms with Crippen LogP contribution in [0.3, 0.4) is 0 Å². The molecule has 0 aliphatic carbocycles. The number of unbranched alkanes of at least 4 members (excludes halogenated alkanes) is 2. The van der Waals surface area contributed by atoms with E-state index in [-0.39, 0.29) is 24.0 Å². The molecule has 0 bridgehead atoms. The Hall–Kier alpha value is -3.17. The van der Waals surface area contributed by atoms with Gasteiger partial charge < -0.3 is 4.74 Å². The van der Waals surface area contributed by atoms with Crippen LogP contribution in [0.2, 0.25) is 0 Å². The molecule has 0 spiro atoms. The molecule has 0 fully saturated rings. The summed E-state index contributed by atoms with van der Waals surface area (Å²) in [4.78, 5) is 0. The van der Waals surface area contributed by atoms with E-state index in [0.717, 1.165) is 37.1 Å². The lowest BCUT2D eigenvalue weighted by Gasteiger charge is -2.20. The van der Waals surface area contributed by atoms with E-state index in [9.17, 15) is 39.5 Å². The number of ether oxygens (including phenoxy) is 1. The first kappa shape index (κ1) is 28.4. The quantitative estimate of drug-likeness (QED) is 0.186. The van der Waals surface area contributed by atoms with Crippen LogP contribution in [0.5, 0.6) is 5.75 Å². The van der Waals surface area contributed by atoms with Gasteiger partial charge in [-0.1, -0.05) is 31.9 Å². The Morgan fingerprint density at radius 3 is 1.54 bits per heavy atom. The number of halogens is 9. The highest BCUT2D eigenvalue weighted by molar-refractivity contribution is 5.33. The molecule has 0 unspecified atom stereocenters. The maximum Gasteiger partial charge on any atom is 0.432 e. The highest BCUT2D eigenvalue weighted by atomic mass is 19.4. The van der Waals surface area contributed by atoms with Crippen LogP contribution in [-0.2, 0) is 31.5 Å². The number of benzene rings is 3. The molecule has 0 N–H and O–H groups in total. The molecule has 0 saturated heterocycles. The van der Waals surface area contributed by atoms with E-state index in [2.05, 4.69) is 4.74 Å². The second kappa shape index (κ2) is 11.5. The van der Waals surface area contributed by atoms with Crippen LogP contribution in [0.4, 0.5) is 39.5 Å². The lowest BCUT2D eigenvalue weighted by atomic mass is 10.0. The summed E-state index contributed by atoms with van der Waals surface area (Å²) in [6, 6.07) is 7.81. The first-order valence-corrected chi connectivity index (χ1v) is 11.5. The molecular weight excluding hydrogens is 511 g/mol. The van der Waals surface area contributed by atoms with Crippen LogP contribution in [-0.4, -0.2) is 0 Å². The van der Waals surface area contributed by atoms with Gasteiger partial charge in [0.15, 0.2) is 0 Å². The van der Waals surface area contributed by atoms with Gasteiger partial charge in [0.2, 0.25) is 0 Å². The Bertz CT molecular complexity index is 1170. The largest absolute Gasteiger partial charge is 0.432 e. The Morgan fingerprint density at radius 2 is 1.05 bits per heavy atom. The maximum atomic E-state index is 14.6. The minimum atomic E-state index is -5.17. The lowest BCUT2D eigenvalue weighted by Crippen LogP contribution is -2.25. The third-order valence-corrected chi connectivity index (χ3v) is 5.72. The van der Waals surface area contributed by atoms with Crippen LogP contribution >= 0.6 is 0 Å². The number of aryl methyl sites for hydroxylation is 3. The predicted octanol–water partition coefficient (Wildman–Crippen LogP) is 8.91. The molecule has 0 aliphatic heterocycles. The van der Waals surface area contributed by atoms with Crippen LogP contribution in [0.15, 0.2) is 48.5 Å². The van der Waals surface area contributed by atoms with E-state index in [1.165, 1.54) is 12.1 Å². The SMILES string of the molecule is CCCCCc1cc(F)c(C(F)(F)Oc2ccc(CCc3cc(F)c(C(F)(F)F)c(F)c3)cc2)c(F)c1. The first-order valence-electron chi connectivity index (χ1n) is 11.5. The summed E-state index contributed by atoms with van der Waals surface area (Å²) in [6.45, 7) is 1.95. The van der Waals surface area contributed by atoms with Crippen molar-refractivity contribution in [3.05, 3.63) is 99.6 Å². The Labute approximate surface area is 207 Å². The Kier molecular flexibility index (Phi) is 8.81. The number of hydrogen-bond acceptors (Lipinski definition) is 1. The first-order chi connectivity index (χ1) is 17.3. The summed E-state index contributed by atoms with van der Waals surface area (Å²) in [5, 5.41) is 0. The summed E-state index contributed by atoms with van der Waals surface area (Å²) in [5.74, 6) is -6.72. The highest BCUT2D eigenvalue weighted by Gasteiger charge is 2.41. The van der Waals surface area contributed by atoms with Crippen molar-refractivity contribution in [1.29, 1.82) is 0 Å². The van der Waals surface area contributed by atoms with Gasteiger partial charge in [-0.05, 0) is 78.8 Å². The number of alkyl halides is 5. The minimum Gasteiger partial charge on any atom is -0.429 e. The van der Waals surface area contributed by atoms with Gasteiger partial charge in [-0.3, -0.25) is 0 Å². The molecule has 1 nitrogen and oxygen atoms in total. The van der Waals surface area contributed by atoms with Crippen molar-refractivity contribution >= 4 is 0 Å². The number of hydrogen-bond donors (Lipinski definition) is 0. The molecule has 3 aromatic carbocycles. The second-order valence-corrected chi connectivity index (χ2v) is 8.59. The highest BCUT2D eigenvalue weighted by Crippen LogP contribution is 2.36. The van der Waals surface area contributed by atoms with Crippen LogP contribution in [0, 0.1) is 23.3 Å². The summed E-state index contributed by atoms with van der Waals surface area (Å²) < 4.78 is 128. The fraction of sp³-hybridized carbons (Fsp3) is 0.333. The van der Waals surface area contributed by atoms with Crippen LogP contribution < -0.4 is 4.74 Å². The molecule has 0 aromatic heterocycles. The summed E-state index contributed by atoms with van der Waals surface area (Å²) >= 11 is 0. The molecule has 10 heteroatoms. The van der Waals surface area contributed by atoms with Gasteiger partial charge in [-0.15, -0.1) is 0 Å². The van der Waals surface area contributed by atoms with Gasteiger partial charge in [0.05, 0.1) is 0 Å². The average molecular weight is 534 g/mol. The molecule has 0 atom stereocenters. The molecule has 3 aromatic rings. The van der Waals surface area contributed by atoms with Gasteiger partial charge >= 0.3 is 12.3 Å². The van der Waals surface area contributed by atoms with Crippen molar-refractivity contribution in [2.24, 2.45) is 0 Å². The molecule has 0 amide bonds. The summed E-state index contributed by atoms with van der Waals surface area (Å²) in [7, 11) is 0. The Morgan fingerprint density at radius 1 is 0.595 bits per heavy atom. The normalized spacial score (nSPS) is 12.2. The molecule has 200 valence electrons. The number of rotatable bonds is 10. The van der Waals surface area contributed by atoms with E-state index in [4.69, 9.17) is 0 Å². The fourth-order valence-corrected chi connectivity index (χ4v) is 3.88. The van der Waals surface area contributed by atoms with Crippen molar-refractivity contribution in [3.8, 4) is 5.75 Å². The molecular formula is C27H23F9O. The van der Waals surface area contributed by atoms with Crippen molar-refractivity contribution in [3.63, 3.8) is 0 Å². The van der Waals surface area contributed by atoms with Gasteiger partial charge in [0.1, 0.15) is 40.1 Å². The predicted molar refractivity (Wildman–Crippen MR) is 119 cm³/mol. The van der Waals surface area contributed by atoms with Gasteiger partial charge in [-0.2, -0.15) is 22.0 Å². The molecule has 3 rings (SSSR count). The van der Waals surface area contributed by atoms with Gasteiger partial charge in [0.25, 0.3) is 0 Å². The van der Waals surface area contributed by atoms with Crippen molar-refractivity contribution in [1.82, 2.24) is 0 Å². The smallest absolute Gasteiger partial charge is 0.429 e. The monoisotopic (exact) mass is 534 g/mol. The lowest BCUT2D eigenvalue weighted by molar-refractivity contribution is -0.189. The molecule has 0 saturated carbocycles. The zero-order valence-electron chi connectivity index (χ0n) is 19.7. The van der Waals surface area contributed by atoms with E-state index in [1.54, 1.807) is 0 Å². The van der Waals surface area contributed by atoms with E-state index < -0.39 is 52.4 Å². The Balaban J connectivity index is 1.67. The third-order valence-electron chi connectivity index (χ3n) is 5.72. The zero-order chi connectivity index (χ0) is 27.4. The van der Waals surface area contributed by atoms with E-state index in [1.807, 2.05) is 6.92 Å². The summed E-state index contributed by atoms with van der Waals surface area (Å²) in [5.41, 5.74) is -2.76. The second-order valence-electron chi connectivity index (χ2n) is 8.59. The standard InChI is InChI=1S/C27H23F9O/c1-2-3-4-5-17-12-22(30)25(23(31)13-17)27(35,36)37-19-10-8-16(9-11-19)6-7-18-14-20(28)24(21(29)15-18)26(32,33)34/h8-15H,2-7H2,1H3. The van der Waals surface area contributed by atoms with Gasteiger partial charge in [0, 0.05) is 0 Å². The van der Waals surface area contributed by atoms with Crippen LogP contribution in [0.25, 0.3) is 0 Å². The van der Waals surface area contributed by atoms with Crippen molar-refractivity contribution < 1.29 is 44.3 Å². The van der Waals surface area contributed by atoms with E-state index in [0.29, 0.717) is 30.5 Å². The minimum absolute atomic E-state index is 0.0287. The molecule has 0 radical (unpaired) electrons. The van der Waals surface area contributed by atoms with Gasteiger partial charge in [-0.25, -0.2) is 17.6 Å². The third kappa shape index (κ3) is 7.20. The maximum absolute atomic E-state index is 14.6. The average Bonchev–Trinajstić information content (AvgIpc) is 2.76. The van der Waals surface area contributed by atoms with E-state index >= 15 is 0 Å². The molecule has 0 heterocycles. The van der Waals surface area contributed by atoms with Crippen molar-refractivity contribution in [2.75, 3.05) is 0 Å².